The molecule has 1 N–H and O–H groups in total. The normalized spacial score (nSPS) is 15.2. The van der Waals surface area contributed by atoms with Gasteiger partial charge in [0.25, 0.3) is 21.8 Å². The molecule has 0 bridgehead atoms. The first-order valence-corrected chi connectivity index (χ1v) is 9.28. The van der Waals surface area contributed by atoms with Gasteiger partial charge in [-0.2, -0.15) is 0 Å². The number of carbonyl (C=O) groups is 3. The Morgan fingerprint density at radius 1 is 1.31 bits per heavy atom. The number of nitrogens with zero attached hydrogens (tertiary/aromatic N) is 2. The summed E-state index contributed by atoms with van der Waals surface area (Å²) in [7, 11) is -2.69. The van der Waals surface area contributed by atoms with Gasteiger partial charge in [-0.05, 0) is 32.0 Å². The van der Waals surface area contributed by atoms with Crippen LogP contribution in [-0.4, -0.2) is 73.4 Å². The third-order valence-corrected chi connectivity index (χ3v) is 5.76. The summed E-state index contributed by atoms with van der Waals surface area (Å²) in [5, 5.41) is 8.97. The Morgan fingerprint density at radius 3 is 2.50 bits per heavy atom. The van der Waals surface area contributed by atoms with Gasteiger partial charge in [-0.15, -0.1) is 0 Å². The second-order valence-electron chi connectivity index (χ2n) is 6.01. The zero-order chi connectivity index (χ0) is 19.6. The summed E-state index contributed by atoms with van der Waals surface area (Å²) in [4.78, 5) is 36.7. The molecule has 0 fully saturated rings. The lowest BCUT2D eigenvalue weighted by atomic mass is 10.1. The Kier molecular flexibility index (Phi) is 5.67. The van der Waals surface area contributed by atoms with E-state index in [1.54, 1.807) is 13.8 Å². The molecule has 1 aliphatic heterocycles. The number of methoxy groups -OCH3 is 1. The van der Waals surface area contributed by atoms with Crippen LogP contribution in [0.1, 0.15) is 34.6 Å². The van der Waals surface area contributed by atoms with Crippen LogP contribution in [0.5, 0.6) is 0 Å². The van der Waals surface area contributed by atoms with Crippen LogP contribution in [-0.2, 0) is 19.6 Å². The summed E-state index contributed by atoms with van der Waals surface area (Å²) in [6, 6.07) is 3.32. The minimum absolute atomic E-state index is 0.00339. The van der Waals surface area contributed by atoms with Crippen molar-refractivity contribution in [3.05, 3.63) is 29.3 Å². The van der Waals surface area contributed by atoms with Crippen LogP contribution in [0.15, 0.2) is 23.1 Å². The standard InChI is InChI=1S/C16H20N2O7S/c1-10(2)17(9-14(19)20)15(21)11-4-5-12-13(8-11)26(23,24)18(16(12)22)6-7-25-3/h4-5,8,10H,6-7,9H2,1-3H3,(H,19,20). The summed E-state index contributed by atoms with van der Waals surface area (Å²) < 4.78 is 30.7. The largest absolute Gasteiger partial charge is 0.480 e. The maximum Gasteiger partial charge on any atom is 0.323 e. The van der Waals surface area contributed by atoms with E-state index in [0.717, 1.165) is 11.0 Å². The van der Waals surface area contributed by atoms with Gasteiger partial charge in [0.15, 0.2) is 0 Å². The molecule has 1 heterocycles. The molecule has 26 heavy (non-hydrogen) atoms. The molecule has 0 radical (unpaired) electrons. The monoisotopic (exact) mass is 384 g/mol. The Morgan fingerprint density at radius 2 is 1.96 bits per heavy atom. The van der Waals surface area contributed by atoms with Gasteiger partial charge in [-0.3, -0.25) is 14.4 Å². The average Bonchev–Trinajstić information content (AvgIpc) is 2.76. The molecule has 0 unspecified atom stereocenters. The number of fused-ring (bicyclic) bond motifs is 1. The second-order valence-corrected chi connectivity index (χ2v) is 7.84. The Bertz CT molecular complexity index is 848. The van der Waals surface area contributed by atoms with Crippen LogP contribution in [0, 0.1) is 0 Å². The predicted octanol–water partition coefficient (Wildman–Crippen LogP) is 0.413. The van der Waals surface area contributed by atoms with E-state index < -0.39 is 40.4 Å². The van der Waals surface area contributed by atoms with Crippen LogP contribution >= 0.6 is 0 Å². The zero-order valence-corrected chi connectivity index (χ0v) is 15.4. The van der Waals surface area contributed by atoms with Gasteiger partial charge in [-0.25, -0.2) is 12.7 Å². The molecule has 0 atom stereocenters. The lowest BCUT2D eigenvalue weighted by Crippen LogP contribution is -2.40. The summed E-state index contributed by atoms with van der Waals surface area (Å²) in [5.41, 5.74) is -0.0179. The van der Waals surface area contributed by atoms with Crippen LogP contribution in [0.25, 0.3) is 0 Å². The molecule has 1 aromatic rings. The number of ether oxygens (including phenoxy) is 1. The number of hydrogen-bond donors (Lipinski definition) is 1. The Labute approximate surface area is 151 Å². The molecule has 0 aliphatic carbocycles. The van der Waals surface area contributed by atoms with E-state index in [9.17, 15) is 22.8 Å². The maximum atomic E-state index is 12.6. The molecule has 1 aliphatic rings. The van der Waals surface area contributed by atoms with Crippen molar-refractivity contribution < 1.29 is 32.6 Å². The highest BCUT2D eigenvalue weighted by atomic mass is 32.2. The van der Waals surface area contributed by atoms with Gasteiger partial charge in [-0.1, -0.05) is 0 Å². The van der Waals surface area contributed by atoms with E-state index in [-0.39, 0.29) is 29.2 Å². The summed E-state index contributed by atoms with van der Waals surface area (Å²) in [6.07, 6.45) is 0. The smallest absolute Gasteiger partial charge is 0.323 e. The number of carboxylic acids is 1. The molecular formula is C16H20N2O7S. The van der Waals surface area contributed by atoms with E-state index in [2.05, 4.69) is 0 Å². The van der Waals surface area contributed by atoms with Crippen LogP contribution in [0.2, 0.25) is 0 Å². The topological polar surface area (TPSA) is 121 Å². The quantitative estimate of drug-likeness (QED) is 0.723. The number of benzene rings is 1. The molecule has 0 spiro atoms. The molecule has 10 heteroatoms. The van der Waals surface area contributed by atoms with Crippen molar-refractivity contribution in [2.45, 2.75) is 24.8 Å². The van der Waals surface area contributed by atoms with Crippen molar-refractivity contribution in [1.82, 2.24) is 9.21 Å². The van der Waals surface area contributed by atoms with Crippen molar-refractivity contribution >= 4 is 27.8 Å². The fourth-order valence-corrected chi connectivity index (χ4v) is 4.18. The van der Waals surface area contributed by atoms with Gasteiger partial charge in [0.1, 0.15) is 11.4 Å². The van der Waals surface area contributed by atoms with Gasteiger partial charge in [0.05, 0.1) is 18.7 Å². The number of sulfonamides is 1. The highest BCUT2D eigenvalue weighted by Crippen LogP contribution is 2.31. The van der Waals surface area contributed by atoms with E-state index in [0.29, 0.717) is 4.31 Å². The maximum absolute atomic E-state index is 12.6. The minimum Gasteiger partial charge on any atom is -0.480 e. The highest BCUT2D eigenvalue weighted by molar-refractivity contribution is 7.90. The summed E-state index contributed by atoms with van der Waals surface area (Å²) in [6.45, 7) is 2.71. The first-order chi connectivity index (χ1) is 12.1. The Balaban J connectivity index is 2.42. The van der Waals surface area contributed by atoms with Crippen LogP contribution in [0.4, 0.5) is 0 Å². The third kappa shape index (κ3) is 3.56. The summed E-state index contributed by atoms with van der Waals surface area (Å²) in [5.74, 6) is -2.48. The number of carbonyl (C=O) groups excluding carboxylic acids is 2. The second kappa shape index (κ2) is 7.42. The average molecular weight is 384 g/mol. The number of rotatable bonds is 7. The first-order valence-electron chi connectivity index (χ1n) is 7.84. The van der Waals surface area contributed by atoms with E-state index in [1.807, 2.05) is 0 Å². The van der Waals surface area contributed by atoms with Gasteiger partial charge >= 0.3 is 5.97 Å². The van der Waals surface area contributed by atoms with E-state index in [1.165, 1.54) is 19.2 Å². The number of hydrogen-bond acceptors (Lipinski definition) is 6. The van der Waals surface area contributed by atoms with Gasteiger partial charge < -0.3 is 14.7 Å². The lowest BCUT2D eigenvalue weighted by Gasteiger charge is -2.25. The molecule has 0 aromatic heterocycles. The SMILES string of the molecule is COCCN1C(=O)c2ccc(C(=O)N(CC(=O)O)C(C)C)cc2S1(=O)=O. The molecule has 1 aromatic carbocycles. The third-order valence-electron chi connectivity index (χ3n) is 3.94. The zero-order valence-electron chi connectivity index (χ0n) is 14.6. The van der Waals surface area contributed by atoms with Gasteiger partial charge in [0.2, 0.25) is 0 Å². The minimum atomic E-state index is -4.08. The van der Waals surface area contributed by atoms with Crippen LogP contribution < -0.4 is 0 Å². The molecule has 0 saturated heterocycles. The fourth-order valence-electron chi connectivity index (χ4n) is 2.60. The summed E-state index contributed by atoms with van der Waals surface area (Å²) >= 11 is 0. The first kappa shape index (κ1) is 19.9. The number of amides is 2. The van der Waals surface area contributed by atoms with Crippen molar-refractivity contribution in [3.8, 4) is 0 Å². The highest BCUT2D eigenvalue weighted by Gasteiger charge is 2.41. The van der Waals surface area contributed by atoms with Crippen molar-refractivity contribution in [2.75, 3.05) is 26.8 Å². The van der Waals surface area contributed by atoms with Gasteiger partial charge in [0, 0.05) is 18.7 Å². The van der Waals surface area contributed by atoms with Crippen molar-refractivity contribution in [1.29, 1.82) is 0 Å². The molecular weight excluding hydrogens is 364 g/mol. The molecule has 2 amide bonds. The predicted molar refractivity (Wildman–Crippen MR) is 90.3 cm³/mol. The molecule has 142 valence electrons. The van der Waals surface area contributed by atoms with Crippen LogP contribution in [0.3, 0.4) is 0 Å². The molecule has 0 saturated carbocycles. The van der Waals surface area contributed by atoms with E-state index >= 15 is 0 Å². The van der Waals surface area contributed by atoms with Crippen molar-refractivity contribution in [2.24, 2.45) is 0 Å². The molecule has 9 nitrogen and oxygen atoms in total. The number of aliphatic carboxylic acids is 1. The van der Waals surface area contributed by atoms with E-state index in [4.69, 9.17) is 9.84 Å². The number of carboxylic acid groups (broad SMARTS) is 1. The fraction of sp³-hybridized carbons (Fsp3) is 0.438. The lowest BCUT2D eigenvalue weighted by molar-refractivity contribution is -0.138. The van der Waals surface area contributed by atoms with Crippen molar-refractivity contribution in [3.63, 3.8) is 0 Å². The Hall–Kier alpha value is -2.46. The molecule has 2 rings (SSSR count).